The van der Waals surface area contributed by atoms with Crippen molar-refractivity contribution in [3.63, 3.8) is 0 Å². The monoisotopic (exact) mass is 274 g/mol. The molecule has 5 heteroatoms. The normalized spacial score (nSPS) is 20.4. The van der Waals surface area contributed by atoms with Gasteiger partial charge in [0, 0.05) is 37.4 Å². The zero-order chi connectivity index (χ0) is 13.9. The molecule has 0 aliphatic carbocycles. The van der Waals surface area contributed by atoms with E-state index in [1.807, 2.05) is 24.3 Å². The molecule has 20 heavy (non-hydrogen) atoms. The lowest BCUT2D eigenvalue weighted by Gasteiger charge is -2.30. The fraction of sp³-hybridized carbons (Fsp3) is 0.467. The standard InChI is InChI=1S/C15H18N2O3/c18-14-5-6-17(15(19)11-14)13-3-1-12(2-4-13)16-7-9-20-10-8-16/h1-4H,5-11H2. The molecule has 0 atom stereocenters. The molecule has 3 rings (SSSR count). The van der Waals surface area contributed by atoms with Crippen LogP contribution in [-0.4, -0.2) is 44.5 Å². The lowest BCUT2D eigenvalue weighted by atomic mass is 10.1. The van der Waals surface area contributed by atoms with Crippen LogP contribution in [0, 0.1) is 0 Å². The van der Waals surface area contributed by atoms with Gasteiger partial charge < -0.3 is 14.5 Å². The first-order valence-corrected chi connectivity index (χ1v) is 6.99. The number of carbonyl (C=O) groups excluding carboxylic acids is 2. The van der Waals surface area contributed by atoms with E-state index in [-0.39, 0.29) is 18.1 Å². The van der Waals surface area contributed by atoms with Crippen LogP contribution in [0.2, 0.25) is 0 Å². The van der Waals surface area contributed by atoms with Crippen molar-refractivity contribution in [2.24, 2.45) is 0 Å². The Balaban J connectivity index is 1.72. The minimum atomic E-state index is -0.0969. The van der Waals surface area contributed by atoms with Crippen LogP contribution in [-0.2, 0) is 14.3 Å². The first kappa shape index (κ1) is 13.1. The number of rotatable bonds is 2. The smallest absolute Gasteiger partial charge is 0.234 e. The summed E-state index contributed by atoms with van der Waals surface area (Å²) in [6.07, 6.45) is 0.488. The van der Waals surface area contributed by atoms with Crippen molar-refractivity contribution in [2.45, 2.75) is 12.8 Å². The number of carbonyl (C=O) groups is 2. The van der Waals surface area contributed by atoms with Gasteiger partial charge in [-0.1, -0.05) is 0 Å². The Hall–Kier alpha value is -1.88. The summed E-state index contributed by atoms with van der Waals surface area (Å²) in [4.78, 5) is 27.1. The number of hydrogen-bond acceptors (Lipinski definition) is 4. The lowest BCUT2D eigenvalue weighted by molar-refractivity contribution is -0.128. The minimum Gasteiger partial charge on any atom is -0.378 e. The van der Waals surface area contributed by atoms with Crippen LogP contribution in [0.1, 0.15) is 12.8 Å². The van der Waals surface area contributed by atoms with E-state index in [1.54, 1.807) is 4.90 Å². The zero-order valence-electron chi connectivity index (χ0n) is 11.4. The van der Waals surface area contributed by atoms with Crippen molar-refractivity contribution >= 4 is 23.1 Å². The van der Waals surface area contributed by atoms with Gasteiger partial charge in [0.2, 0.25) is 5.91 Å². The molecule has 106 valence electrons. The van der Waals surface area contributed by atoms with Crippen LogP contribution in [0.3, 0.4) is 0 Å². The van der Waals surface area contributed by atoms with Crippen molar-refractivity contribution in [3.05, 3.63) is 24.3 Å². The molecular weight excluding hydrogens is 256 g/mol. The van der Waals surface area contributed by atoms with E-state index in [2.05, 4.69) is 4.90 Å². The van der Waals surface area contributed by atoms with E-state index >= 15 is 0 Å². The van der Waals surface area contributed by atoms with Gasteiger partial charge in [-0.3, -0.25) is 9.59 Å². The van der Waals surface area contributed by atoms with E-state index in [1.165, 1.54) is 0 Å². The van der Waals surface area contributed by atoms with Gasteiger partial charge >= 0.3 is 0 Å². The first-order chi connectivity index (χ1) is 9.74. The molecule has 0 saturated carbocycles. The third kappa shape index (κ3) is 2.67. The Bertz CT molecular complexity index is 506. The number of ether oxygens (including phenoxy) is 1. The van der Waals surface area contributed by atoms with Crippen molar-refractivity contribution in [1.82, 2.24) is 0 Å². The summed E-state index contributed by atoms with van der Waals surface area (Å²) in [7, 11) is 0. The molecule has 2 saturated heterocycles. The van der Waals surface area contributed by atoms with Crippen molar-refractivity contribution in [1.29, 1.82) is 0 Å². The van der Waals surface area contributed by atoms with E-state index in [0.717, 1.165) is 37.7 Å². The molecule has 0 radical (unpaired) electrons. The Morgan fingerprint density at radius 2 is 1.55 bits per heavy atom. The Morgan fingerprint density at radius 3 is 2.20 bits per heavy atom. The van der Waals surface area contributed by atoms with E-state index in [9.17, 15) is 9.59 Å². The zero-order valence-corrected chi connectivity index (χ0v) is 11.4. The highest BCUT2D eigenvalue weighted by atomic mass is 16.5. The predicted molar refractivity (Wildman–Crippen MR) is 76.1 cm³/mol. The van der Waals surface area contributed by atoms with Crippen molar-refractivity contribution < 1.29 is 14.3 Å². The topological polar surface area (TPSA) is 49.9 Å². The second-order valence-electron chi connectivity index (χ2n) is 5.13. The number of amides is 1. The summed E-state index contributed by atoms with van der Waals surface area (Å²) in [5, 5.41) is 0. The molecular formula is C15H18N2O3. The number of morpholine rings is 1. The SMILES string of the molecule is O=C1CCN(c2ccc(N3CCOCC3)cc2)C(=O)C1. The summed E-state index contributed by atoms with van der Waals surface area (Å²) < 4.78 is 5.34. The van der Waals surface area contributed by atoms with Gasteiger partial charge in [-0.2, -0.15) is 0 Å². The number of piperidine rings is 1. The van der Waals surface area contributed by atoms with Gasteiger partial charge in [0.1, 0.15) is 5.78 Å². The molecule has 2 aliphatic heterocycles. The third-order valence-electron chi connectivity index (χ3n) is 3.80. The Kier molecular flexibility index (Phi) is 3.69. The highest BCUT2D eigenvalue weighted by Gasteiger charge is 2.24. The highest BCUT2D eigenvalue weighted by molar-refractivity contribution is 6.08. The van der Waals surface area contributed by atoms with Gasteiger partial charge in [0.05, 0.1) is 19.6 Å². The van der Waals surface area contributed by atoms with E-state index in [0.29, 0.717) is 13.0 Å². The van der Waals surface area contributed by atoms with Crippen LogP contribution in [0.4, 0.5) is 11.4 Å². The number of anilines is 2. The summed E-state index contributed by atoms with van der Waals surface area (Å²) in [6, 6.07) is 7.98. The van der Waals surface area contributed by atoms with Gasteiger partial charge in [-0.05, 0) is 24.3 Å². The fourth-order valence-corrected chi connectivity index (χ4v) is 2.65. The molecule has 2 heterocycles. The average Bonchev–Trinajstić information content (AvgIpc) is 2.48. The van der Waals surface area contributed by atoms with Crippen LogP contribution in [0.25, 0.3) is 0 Å². The molecule has 0 N–H and O–H groups in total. The molecule has 2 aliphatic rings. The molecule has 5 nitrogen and oxygen atoms in total. The van der Waals surface area contributed by atoms with Crippen LogP contribution in [0.5, 0.6) is 0 Å². The second kappa shape index (κ2) is 5.63. The van der Waals surface area contributed by atoms with Crippen molar-refractivity contribution in [2.75, 3.05) is 42.6 Å². The fourth-order valence-electron chi connectivity index (χ4n) is 2.65. The average molecular weight is 274 g/mol. The molecule has 0 aromatic heterocycles. The number of Topliss-reactive ketones (excluding diaryl/α,β-unsaturated/α-hetero) is 1. The van der Waals surface area contributed by atoms with Crippen molar-refractivity contribution in [3.8, 4) is 0 Å². The van der Waals surface area contributed by atoms with Crippen LogP contribution >= 0.6 is 0 Å². The molecule has 1 amide bonds. The Labute approximate surface area is 118 Å². The number of ketones is 1. The van der Waals surface area contributed by atoms with Gasteiger partial charge in [0.25, 0.3) is 0 Å². The van der Waals surface area contributed by atoms with Crippen LogP contribution in [0.15, 0.2) is 24.3 Å². The maximum Gasteiger partial charge on any atom is 0.234 e. The van der Waals surface area contributed by atoms with Gasteiger partial charge in [-0.15, -0.1) is 0 Å². The van der Waals surface area contributed by atoms with Crippen LogP contribution < -0.4 is 9.80 Å². The highest BCUT2D eigenvalue weighted by Crippen LogP contribution is 2.24. The molecule has 1 aromatic rings. The largest absolute Gasteiger partial charge is 0.378 e. The molecule has 1 aromatic carbocycles. The summed E-state index contributed by atoms with van der Waals surface area (Å²) in [5.41, 5.74) is 2.03. The van der Waals surface area contributed by atoms with E-state index in [4.69, 9.17) is 4.74 Å². The lowest BCUT2D eigenvalue weighted by Crippen LogP contribution is -2.39. The molecule has 0 bridgehead atoms. The molecule has 0 spiro atoms. The number of benzene rings is 1. The maximum atomic E-state index is 11.9. The molecule has 2 fully saturated rings. The van der Waals surface area contributed by atoms with Gasteiger partial charge in [0.15, 0.2) is 0 Å². The summed E-state index contributed by atoms with van der Waals surface area (Å²) in [6.45, 7) is 3.81. The number of hydrogen-bond donors (Lipinski definition) is 0. The quantitative estimate of drug-likeness (QED) is 0.761. The Morgan fingerprint density at radius 1 is 0.900 bits per heavy atom. The maximum absolute atomic E-state index is 11.9. The summed E-state index contributed by atoms with van der Waals surface area (Å²) >= 11 is 0. The third-order valence-corrected chi connectivity index (χ3v) is 3.80. The number of nitrogens with zero attached hydrogens (tertiary/aromatic N) is 2. The van der Waals surface area contributed by atoms with Gasteiger partial charge in [-0.25, -0.2) is 0 Å². The molecule has 0 unspecified atom stereocenters. The predicted octanol–water partition coefficient (Wildman–Crippen LogP) is 1.22. The van der Waals surface area contributed by atoms with E-state index < -0.39 is 0 Å². The summed E-state index contributed by atoms with van der Waals surface area (Å²) in [5.74, 6) is -0.0587. The first-order valence-electron chi connectivity index (χ1n) is 6.99. The minimum absolute atomic E-state index is 0.0330. The second-order valence-corrected chi connectivity index (χ2v) is 5.13.